The number of methoxy groups -OCH3 is 1. The number of ether oxygens (including phenoxy) is 2. The first-order chi connectivity index (χ1) is 8.22. The predicted molar refractivity (Wildman–Crippen MR) is 70.7 cm³/mol. The van der Waals surface area contributed by atoms with Gasteiger partial charge in [0.25, 0.3) is 0 Å². The number of rotatable bonds is 3. The van der Waals surface area contributed by atoms with E-state index in [-0.39, 0.29) is 30.2 Å². The fourth-order valence-electron chi connectivity index (χ4n) is 2.23. The van der Waals surface area contributed by atoms with Gasteiger partial charge in [-0.3, -0.25) is 0 Å². The normalized spacial score (nSPS) is 17.9. The minimum absolute atomic E-state index is 0. The molecule has 0 radical (unpaired) electrons. The van der Waals surface area contributed by atoms with Gasteiger partial charge in [-0.1, -0.05) is 0 Å². The summed E-state index contributed by atoms with van der Waals surface area (Å²) < 4.78 is 24.1. The summed E-state index contributed by atoms with van der Waals surface area (Å²) in [5.74, 6) is 0.666. The van der Waals surface area contributed by atoms with Crippen molar-refractivity contribution in [3.8, 4) is 5.75 Å². The molecule has 0 amide bonds. The van der Waals surface area contributed by atoms with E-state index in [0.717, 1.165) is 12.8 Å². The molecule has 0 saturated carbocycles. The molecule has 5 heteroatoms. The van der Waals surface area contributed by atoms with Crippen LogP contribution in [-0.2, 0) is 4.74 Å². The molecule has 0 aliphatic carbocycles. The molecule has 0 spiro atoms. The molecule has 2 N–H and O–H groups in total. The average Bonchev–Trinajstić information content (AvgIpc) is 2.39. The zero-order valence-electron chi connectivity index (χ0n) is 10.4. The van der Waals surface area contributed by atoms with Crippen molar-refractivity contribution in [1.29, 1.82) is 0 Å². The second kappa shape index (κ2) is 6.92. The smallest absolute Gasteiger partial charge is 0.128 e. The molecule has 1 aromatic carbocycles. The Balaban J connectivity index is 0.00000162. The fraction of sp³-hybridized carbons (Fsp3) is 0.538. The van der Waals surface area contributed by atoms with Crippen molar-refractivity contribution in [3.05, 3.63) is 29.6 Å². The van der Waals surface area contributed by atoms with Crippen molar-refractivity contribution in [2.45, 2.75) is 18.9 Å². The van der Waals surface area contributed by atoms with Crippen LogP contribution in [0.5, 0.6) is 5.75 Å². The molecule has 1 aliphatic rings. The van der Waals surface area contributed by atoms with Crippen molar-refractivity contribution in [2.24, 2.45) is 11.7 Å². The predicted octanol–water partition coefficient (Wildman–Crippen LogP) is 2.68. The van der Waals surface area contributed by atoms with Crippen LogP contribution in [0.25, 0.3) is 0 Å². The van der Waals surface area contributed by atoms with Crippen molar-refractivity contribution in [3.63, 3.8) is 0 Å². The fourth-order valence-corrected chi connectivity index (χ4v) is 2.23. The standard InChI is InChI=1S/C13H18FNO2.ClH/c1-16-10-2-3-12(14)11(8-10)13(15)9-4-6-17-7-5-9;/h2-3,8-9,13H,4-7,15H2,1H3;1H/t13-;/m0./s1. The average molecular weight is 276 g/mol. The SMILES string of the molecule is COc1ccc(F)c([C@@H](N)C2CCOCC2)c1.Cl. The molecule has 0 bridgehead atoms. The van der Waals surface area contributed by atoms with E-state index in [2.05, 4.69) is 0 Å². The quantitative estimate of drug-likeness (QED) is 0.922. The Kier molecular flexibility index (Phi) is 5.85. The maximum absolute atomic E-state index is 13.7. The largest absolute Gasteiger partial charge is 0.497 e. The second-order valence-electron chi connectivity index (χ2n) is 4.36. The number of hydrogen-bond donors (Lipinski definition) is 1. The van der Waals surface area contributed by atoms with Crippen LogP contribution in [0, 0.1) is 11.7 Å². The Morgan fingerprint density at radius 1 is 1.39 bits per heavy atom. The van der Waals surface area contributed by atoms with Gasteiger partial charge in [-0.25, -0.2) is 4.39 Å². The van der Waals surface area contributed by atoms with Crippen LogP contribution >= 0.6 is 12.4 Å². The van der Waals surface area contributed by atoms with Crippen molar-refractivity contribution < 1.29 is 13.9 Å². The summed E-state index contributed by atoms with van der Waals surface area (Å²) in [4.78, 5) is 0. The van der Waals surface area contributed by atoms with Crippen LogP contribution in [0.3, 0.4) is 0 Å². The summed E-state index contributed by atoms with van der Waals surface area (Å²) in [7, 11) is 1.57. The zero-order valence-corrected chi connectivity index (χ0v) is 11.2. The van der Waals surface area contributed by atoms with Crippen LogP contribution in [0.2, 0.25) is 0 Å². The number of nitrogens with two attached hydrogens (primary N) is 1. The molecule has 2 rings (SSSR count). The lowest BCUT2D eigenvalue weighted by Crippen LogP contribution is -2.28. The first-order valence-electron chi connectivity index (χ1n) is 5.89. The molecule has 0 unspecified atom stereocenters. The molecular formula is C13H19ClFNO2. The first kappa shape index (κ1) is 15.2. The van der Waals surface area contributed by atoms with Crippen molar-refractivity contribution in [1.82, 2.24) is 0 Å². The third-order valence-corrected chi connectivity index (χ3v) is 3.34. The molecule has 1 aromatic rings. The Morgan fingerprint density at radius 2 is 2.06 bits per heavy atom. The highest BCUT2D eigenvalue weighted by molar-refractivity contribution is 5.85. The molecule has 3 nitrogen and oxygen atoms in total. The van der Waals surface area contributed by atoms with Gasteiger partial charge >= 0.3 is 0 Å². The summed E-state index contributed by atoms with van der Waals surface area (Å²) in [5.41, 5.74) is 6.68. The van der Waals surface area contributed by atoms with Crippen molar-refractivity contribution in [2.75, 3.05) is 20.3 Å². The van der Waals surface area contributed by atoms with Gasteiger partial charge in [0, 0.05) is 24.8 Å². The Hall–Kier alpha value is -0.840. The van der Waals surface area contributed by atoms with Crippen LogP contribution in [-0.4, -0.2) is 20.3 Å². The zero-order chi connectivity index (χ0) is 12.3. The summed E-state index contributed by atoms with van der Waals surface area (Å²) in [6.07, 6.45) is 1.77. The van der Waals surface area contributed by atoms with Gasteiger partial charge in [0.15, 0.2) is 0 Å². The molecular weight excluding hydrogens is 257 g/mol. The van der Waals surface area contributed by atoms with E-state index in [0.29, 0.717) is 24.5 Å². The van der Waals surface area contributed by atoms with E-state index in [1.165, 1.54) is 6.07 Å². The van der Waals surface area contributed by atoms with Gasteiger partial charge in [0.05, 0.1) is 7.11 Å². The van der Waals surface area contributed by atoms with Crippen molar-refractivity contribution >= 4 is 12.4 Å². The molecule has 1 fully saturated rings. The minimum atomic E-state index is -0.283. The maximum Gasteiger partial charge on any atom is 0.128 e. The van der Waals surface area contributed by atoms with Gasteiger partial charge in [0.1, 0.15) is 11.6 Å². The summed E-state index contributed by atoms with van der Waals surface area (Å²) in [5, 5.41) is 0. The lowest BCUT2D eigenvalue weighted by molar-refractivity contribution is 0.0580. The lowest BCUT2D eigenvalue weighted by Gasteiger charge is -2.28. The van der Waals surface area contributed by atoms with E-state index < -0.39 is 0 Å². The van der Waals surface area contributed by atoms with Gasteiger partial charge in [-0.05, 0) is 37.0 Å². The molecule has 18 heavy (non-hydrogen) atoms. The monoisotopic (exact) mass is 275 g/mol. The number of benzene rings is 1. The molecule has 1 atom stereocenters. The van der Waals surface area contributed by atoms with Crippen LogP contribution in [0.1, 0.15) is 24.4 Å². The van der Waals surface area contributed by atoms with E-state index >= 15 is 0 Å². The molecule has 0 aromatic heterocycles. The third-order valence-electron chi connectivity index (χ3n) is 3.34. The third kappa shape index (κ3) is 3.34. The first-order valence-corrected chi connectivity index (χ1v) is 5.89. The maximum atomic E-state index is 13.7. The van der Waals surface area contributed by atoms with E-state index in [9.17, 15) is 4.39 Å². The van der Waals surface area contributed by atoms with Gasteiger partial charge in [0.2, 0.25) is 0 Å². The van der Waals surface area contributed by atoms with E-state index in [4.69, 9.17) is 15.2 Å². The number of halogens is 2. The minimum Gasteiger partial charge on any atom is -0.497 e. The second-order valence-corrected chi connectivity index (χ2v) is 4.36. The molecule has 1 aliphatic heterocycles. The van der Waals surface area contributed by atoms with Gasteiger partial charge < -0.3 is 15.2 Å². The highest BCUT2D eigenvalue weighted by Gasteiger charge is 2.24. The molecule has 102 valence electrons. The van der Waals surface area contributed by atoms with Crippen LogP contribution in [0.15, 0.2) is 18.2 Å². The Morgan fingerprint density at radius 3 is 2.67 bits per heavy atom. The van der Waals surface area contributed by atoms with E-state index in [1.54, 1.807) is 19.2 Å². The lowest BCUT2D eigenvalue weighted by atomic mass is 9.87. The van der Waals surface area contributed by atoms with Crippen LogP contribution in [0.4, 0.5) is 4.39 Å². The summed E-state index contributed by atoms with van der Waals surface area (Å²) in [6.45, 7) is 1.42. The topological polar surface area (TPSA) is 44.5 Å². The Bertz CT molecular complexity index is 383. The highest BCUT2D eigenvalue weighted by Crippen LogP contribution is 2.31. The molecule has 1 heterocycles. The van der Waals surface area contributed by atoms with E-state index in [1.807, 2.05) is 0 Å². The molecule has 1 saturated heterocycles. The highest BCUT2D eigenvalue weighted by atomic mass is 35.5. The summed E-state index contributed by atoms with van der Waals surface area (Å²) >= 11 is 0. The van der Waals surface area contributed by atoms with Gasteiger partial charge in [-0.15, -0.1) is 12.4 Å². The summed E-state index contributed by atoms with van der Waals surface area (Å²) in [6, 6.07) is 4.42. The van der Waals surface area contributed by atoms with Gasteiger partial charge in [-0.2, -0.15) is 0 Å². The van der Waals surface area contributed by atoms with Crippen LogP contribution < -0.4 is 10.5 Å². The Labute approximate surface area is 113 Å². The number of hydrogen-bond acceptors (Lipinski definition) is 3.